The van der Waals surface area contributed by atoms with Gasteiger partial charge in [0, 0.05) is 12.0 Å². The van der Waals surface area contributed by atoms with E-state index in [1.165, 1.54) is 13.5 Å². The van der Waals surface area contributed by atoms with E-state index in [2.05, 4.69) is 5.32 Å². The van der Waals surface area contributed by atoms with E-state index in [9.17, 15) is 9.59 Å². The predicted molar refractivity (Wildman–Crippen MR) is 90.9 cm³/mol. The molecule has 2 bridgehead atoms. The van der Waals surface area contributed by atoms with Gasteiger partial charge in [-0.3, -0.25) is 4.79 Å². The quantitative estimate of drug-likeness (QED) is 0.829. The van der Waals surface area contributed by atoms with Crippen LogP contribution < -0.4 is 11.1 Å². The predicted octanol–water partition coefficient (Wildman–Crippen LogP) is 2.17. The SMILES string of the molecule is COC(=O)C(NC(=O)C1CC2CCCC(C1)C2N)c1ccccc1. The Labute approximate surface area is 142 Å². The summed E-state index contributed by atoms with van der Waals surface area (Å²) in [5.41, 5.74) is 7.04. The molecule has 24 heavy (non-hydrogen) atoms. The van der Waals surface area contributed by atoms with Crippen molar-refractivity contribution in [3.05, 3.63) is 35.9 Å². The van der Waals surface area contributed by atoms with Gasteiger partial charge in [-0.25, -0.2) is 4.79 Å². The van der Waals surface area contributed by atoms with Crippen LogP contribution in [0.15, 0.2) is 30.3 Å². The maximum Gasteiger partial charge on any atom is 0.333 e. The first-order valence-electron chi connectivity index (χ1n) is 8.79. The average molecular weight is 330 g/mol. The van der Waals surface area contributed by atoms with Gasteiger partial charge in [0.1, 0.15) is 0 Å². The fraction of sp³-hybridized carbons (Fsp3) is 0.579. The Kier molecular flexibility index (Phi) is 5.19. The summed E-state index contributed by atoms with van der Waals surface area (Å²) >= 11 is 0. The largest absolute Gasteiger partial charge is 0.467 e. The number of amides is 1. The first-order chi connectivity index (χ1) is 11.6. The van der Waals surface area contributed by atoms with Crippen LogP contribution in [0.25, 0.3) is 0 Å². The Hall–Kier alpha value is -1.88. The molecule has 2 fully saturated rings. The molecule has 5 heteroatoms. The summed E-state index contributed by atoms with van der Waals surface area (Å²) in [5.74, 6) is 0.305. The van der Waals surface area contributed by atoms with Crippen LogP contribution >= 0.6 is 0 Å². The number of carbonyl (C=O) groups is 2. The molecule has 0 aromatic heterocycles. The summed E-state index contributed by atoms with van der Waals surface area (Å²) in [6, 6.07) is 8.71. The zero-order valence-corrected chi connectivity index (χ0v) is 14.1. The number of hydrogen-bond donors (Lipinski definition) is 2. The minimum atomic E-state index is -0.751. The number of esters is 1. The van der Waals surface area contributed by atoms with Crippen molar-refractivity contribution in [2.75, 3.05) is 7.11 Å². The normalized spacial score (nSPS) is 30.2. The third kappa shape index (κ3) is 3.46. The van der Waals surface area contributed by atoms with Gasteiger partial charge in [0.15, 0.2) is 6.04 Å². The van der Waals surface area contributed by atoms with E-state index in [4.69, 9.17) is 10.5 Å². The molecule has 0 aliphatic heterocycles. The van der Waals surface area contributed by atoms with E-state index in [0.717, 1.165) is 31.2 Å². The highest BCUT2D eigenvalue weighted by molar-refractivity contribution is 5.86. The van der Waals surface area contributed by atoms with E-state index in [-0.39, 0.29) is 17.9 Å². The number of methoxy groups -OCH3 is 1. The highest BCUT2D eigenvalue weighted by Crippen LogP contribution is 2.42. The minimum Gasteiger partial charge on any atom is -0.467 e. The molecule has 3 rings (SSSR count). The van der Waals surface area contributed by atoms with Crippen molar-refractivity contribution < 1.29 is 14.3 Å². The molecular formula is C19H26N2O3. The van der Waals surface area contributed by atoms with Crippen molar-refractivity contribution in [1.29, 1.82) is 0 Å². The van der Waals surface area contributed by atoms with Crippen molar-refractivity contribution in [2.24, 2.45) is 23.5 Å². The van der Waals surface area contributed by atoms with Crippen molar-refractivity contribution in [1.82, 2.24) is 5.32 Å². The fourth-order valence-electron chi connectivity index (χ4n) is 4.30. The lowest BCUT2D eigenvalue weighted by Gasteiger charge is -2.43. The van der Waals surface area contributed by atoms with Gasteiger partial charge in [-0.15, -0.1) is 0 Å². The number of carbonyl (C=O) groups excluding carboxylic acids is 2. The zero-order chi connectivity index (χ0) is 17.1. The maximum absolute atomic E-state index is 12.8. The Balaban J connectivity index is 1.71. The van der Waals surface area contributed by atoms with Gasteiger partial charge in [0.2, 0.25) is 5.91 Å². The Morgan fingerprint density at radius 1 is 1.17 bits per heavy atom. The number of nitrogens with one attached hydrogen (secondary N) is 1. The molecule has 2 aliphatic rings. The monoisotopic (exact) mass is 330 g/mol. The van der Waals surface area contributed by atoms with E-state index < -0.39 is 12.0 Å². The second-order valence-electron chi connectivity index (χ2n) is 7.07. The molecule has 0 radical (unpaired) electrons. The van der Waals surface area contributed by atoms with Crippen molar-refractivity contribution in [3.63, 3.8) is 0 Å². The number of ether oxygens (including phenoxy) is 1. The molecule has 1 aromatic carbocycles. The Morgan fingerprint density at radius 2 is 1.79 bits per heavy atom. The second kappa shape index (κ2) is 7.34. The number of fused-ring (bicyclic) bond motifs is 2. The molecule has 130 valence electrons. The van der Waals surface area contributed by atoms with Crippen LogP contribution in [-0.4, -0.2) is 25.0 Å². The van der Waals surface area contributed by atoms with Crippen LogP contribution in [0.1, 0.15) is 43.7 Å². The van der Waals surface area contributed by atoms with Gasteiger partial charge in [-0.05, 0) is 43.1 Å². The number of rotatable bonds is 4. The first kappa shape index (κ1) is 17.0. The van der Waals surface area contributed by atoms with Crippen molar-refractivity contribution >= 4 is 11.9 Å². The maximum atomic E-state index is 12.8. The fourth-order valence-corrected chi connectivity index (χ4v) is 4.30. The van der Waals surface area contributed by atoms with Crippen LogP contribution in [0.2, 0.25) is 0 Å². The molecule has 3 N–H and O–H groups in total. The molecule has 0 spiro atoms. The van der Waals surface area contributed by atoms with Gasteiger partial charge in [0.05, 0.1) is 7.11 Å². The summed E-state index contributed by atoms with van der Waals surface area (Å²) in [6.07, 6.45) is 5.09. The number of benzene rings is 1. The summed E-state index contributed by atoms with van der Waals surface area (Å²) in [6.45, 7) is 0. The zero-order valence-electron chi connectivity index (χ0n) is 14.1. The summed E-state index contributed by atoms with van der Waals surface area (Å²) in [4.78, 5) is 24.9. The molecule has 0 heterocycles. The minimum absolute atomic E-state index is 0.0574. The van der Waals surface area contributed by atoms with Crippen LogP contribution in [0, 0.1) is 17.8 Å². The molecule has 2 aliphatic carbocycles. The van der Waals surface area contributed by atoms with Crippen LogP contribution in [0.3, 0.4) is 0 Å². The number of hydrogen-bond acceptors (Lipinski definition) is 4. The molecule has 0 saturated heterocycles. The van der Waals surface area contributed by atoms with Crippen LogP contribution in [-0.2, 0) is 14.3 Å². The Morgan fingerprint density at radius 3 is 2.38 bits per heavy atom. The van der Waals surface area contributed by atoms with Gasteiger partial charge in [-0.1, -0.05) is 36.8 Å². The number of nitrogens with two attached hydrogens (primary N) is 1. The first-order valence-corrected chi connectivity index (χ1v) is 8.79. The van der Waals surface area contributed by atoms with Gasteiger partial charge >= 0.3 is 5.97 Å². The average Bonchev–Trinajstić information content (AvgIpc) is 2.59. The Bertz CT molecular complexity index is 576. The lowest BCUT2D eigenvalue weighted by atomic mass is 9.65. The molecule has 3 atom stereocenters. The van der Waals surface area contributed by atoms with Crippen molar-refractivity contribution in [3.8, 4) is 0 Å². The lowest BCUT2D eigenvalue weighted by Crippen LogP contribution is -2.49. The van der Waals surface area contributed by atoms with E-state index in [0.29, 0.717) is 11.8 Å². The van der Waals surface area contributed by atoms with Gasteiger partial charge < -0.3 is 15.8 Å². The molecule has 1 amide bonds. The van der Waals surface area contributed by atoms with Gasteiger partial charge in [0.25, 0.3) is 0 Å². The molecule has 3 unspecified atom stereocenters. The van der Waals surface area contributed by atoms with Crippen molar-refractivity contribution in [2.45, 2.75) is 44.2 Å². The third-order valence-electron chi connectivity index (χ3n) is 5.64. The lowest BCUT2D eigenvalue weighted by molar-refractivity contribution is -0.146. The smallest absolute Gasteiger partial charge is 0.333 e. The van der Waals surface area contributed by atoms with Crippen LogP contribution in [0.4, 0.5) is 0 Å². The topological polar surface area (TPSA) is 81.4 Å². The molecule has 2 saturated carbocycles. The second-order valence-corrected chi connectivity index (χ2v) is 7.07. The highest BCUT2D eigenvalue weighted by atomic mass is 16.5. The molecular weight excluding hydrogens is 304 g/mol. The van der Waals surface area contributed by atoms with Crippen LogP contribution in [0.5, 0.6) is 0 Å². The molecule has 5 nitrogen and oxygen atoms in total. The van der Waals surface area contributed by atoms with E-state index in [1.807, 2.05) is 30.3 Å². The van der Waals surface area contributed by atoms with Gasteiger partial charge in [-0.2, -0.15) is 0 Å². The summed E-state index contributed by atoms with van der Waals surface area (Å²) < 4.78 is 4.87. The van der Waals surface area contributed by atoms with E-state index >= 15 is 0 Å². The summed E-state index contributed by atoms with van der Waals surface area (Å²) in [7, 11) is 1.34. The third-order valence-corrected chi connectivity index (χ3v) is 5.64. The highest BCUT2D eigenvalue weighted by Gasteiger charge is 2.41. The standard InChI is InChI=1S/C19H26N2O3/c1-24-19(23)17(12-6-3-2-4-7-12)21-18(22)15-10-13-8-5-9-14(11-15)16(13)20/h2-4,6-7,13-17H,5,8-11,20H2,1H3,(H,21,22). The molecule has 1 aromatic rings. The van der Waals surface area contributed by atoms with E-state index in [1.54, 1.807) is 0 Å². The summed E-state index contributed by atoms with van der Waals surface area (Å²) in [5, 5.41) is 2.90.